The van der Waals surface area contributed by atoms with Crippen LogP contribution in [0.15, 0.2) is 55.1 Å². The number of halogens is 2. The van der Waals surface area contributed by atoms with E-state index in [9.17, 15) is 4.39 Å². The number of aromatic nitrogens is 3. The first-order valence-corrected chi connectivity index (χ1v) is 9.05. The van der Waals surface area contributed by atoms with Gasteiger partial charge < -0.3 is 14.4 Å². The summed E-state index contributed by atoms with van der Waals surface area (Å²) in [6.45, 7) is 0.987. The Labute approximate surface area is 166 Å². The van der Waals surface area contributed by atoms with Gasteiger partial charge in [-0.05, 0) is 36.2 Å². The molecule has 146 valence electrons. The number of pyridine rings is 1. The maximum absolute atomic E-state index is 14.3. The molecule has 1 fully saturated rings. The summed E-state index contributed by atoms with van der Waals surface area (Å²) in [4.78, 5) is 16.8. The molecule has 0 amide bonds. The Hall–Kier alpha value is -2.77. The van der Waals surface area contributed by atoms with E-state index >= 15 is 0 Å². The van der Waals surface area contributed by atoms with Gasteiger partial charge in [0.1, 0.15) is 11.6 Å². The van der Waals surface area contributed by atoms with Gasteiger partial charge in [0.15, 0.2) is 0 Å². The average Bonchev–Trinajstić information content (AvgIpc) is 3.32. The standard InChI is InChI=1S/C19H17ClFN3O.CH2O2/c20-15-2-1-3-16(21)18(15)19-23-8-9-24(19)17-12-25-11-14(17)10-13-4-6-22-7-5-13;2-1-3/h1-9,14,17H,10-12H2;1H,(H,2,3)/t14-,17-;/m1./s1. The van der Waals surface area contributed by atoms with Crippen LogP contribution in [0.3, 0.4) is 0 Å². The number of benzene rings is 1. The summed E-state index contributed by atoms with van der Waals surface area (Å²) >= 11 is 6.23. The topological polar surface area (TPSA) is 77.2 Å². The number of hydrogen-bond acceptors (Lipinski definition) is 4. The summed E-state index contributed by atoms with van der Waals surface area (Å²) in [5.41, 5.74) is 1.55. The summed E-state index contributed by atoms with van der Waals surface area (Å²) < 4.78 is 22.1. The lowest BCUT2D eigenvalue weighted by Gasteiger charge is -2.21. The predicted molar refractivity (Wildman–Crippen MR) is 103 cm³/mol. The van der Waals surface area contributed by atoms with Crippen LogP contribution >= 0.6 is 11.6 Å². The fourth-order valence-electron chi connectivity index (χ4n) is 3.40. The maximum Gasteiger partial charge on any atom is 0.290 e. The highest BCUT2D eigenvalue weighted by molar-refractivity contribution is 6.33. The molecule has 0 radical (unpaired) electrons. The molecule has 0 saturated carbocycles. The highest BCUT2D eigenvalue weighted by Crippen LogP contribution is 2.35. The van der Waals surface area contributed by atoms with Gasteiger partial charge in [0.05, 0.1) is 29.8 Å². The normalized spacial score (nSPS) is 18.4. The quantitative estimate of drug-likeness (QED) is 0.669. The molecule has 6 nitrogen and oxygen atoms in total. The van der Waals surface area contributed by atoms with Gasteiger partial charge in [0.25, 0.3) is 6.47 Å². The van der Waals surface area contributed by atoms with E-state index < -0.39 is 0 Å². The molecule has 4 rings (SSSR count). The van der Waals surface area contributed by atoms with Gasteiger partial charge in [-0.25, -0.2) is 9.37 Å². The van der Waals surface area contributed by atoms with Crippen molar-refractivity contribution >= 4 is 18.1 Å². The SMILES string of the molecule is Fc1cccc(Cl)c1-c1nccn1[C@@H]1COC[C@H]1Cc1ccncc1.O=CO. The number of hydrogen-bond donors (Lipinski definition) is 1. The minimum atomic E-state index is -0.371. The van der Waals surface area contributed by atoms with E-state index in [-0.39, 0.29) is 24.2 Å². The Morgan fingerprint density at radius 1 is 1.25 bits per heavy atom. The van der Waals surface area contributed by atoms with Crippen molar-refractivity contribution in [2.24, 2.45) is 5.92 Å². The van der Waals surface area contributed by atoms with Crippen molar-refractivity contribution in [3.8, 4) is 11.4 Å². The molecule has 2 aromatic heterocycles. The first kappa shape index (κ1) is 20.0. The van der Waals surface area contributed by atoms with Crippen LogP contribution in [0.1, 0.15) is 11.6 Å². The largest absolute Gasteiger partial charge is 0.483 e. The predicted octanol–water partition coefficient (Wildman–Crippen LogP) is 3.87. The zero-order chi connectivity index (χ0) is 19.9. The van der Waals surface area contributed by atoms with Crippen LogP contribution < -0.4 is 0 Å². The molecule has 3 aromatic rings. The van der Waals surface area contributed by atoms with E-state index in [1.165, 1.54) is 11.6 Å². The van der Waals surface area contributed by atoms with Crippen LogP contribution in [0.4, 0.5) is 4.39 Å². The Morgan fingerprint density at radius 3 is 2.71 bits per heavy atom. The van der Waals surface area contributed by atoms with Gasteiger partial charge >= 0.3 is 0 Å². The van der Waals surface area contributed by atoms with Crippen LogP contribution in [0.2, 0.25) is 5.02 Å². The minimum Gasteiger partial charge on any atom is -0.483 e. The summed E-state index contributed by atoms with van der Waals surface area (Å²) in [7, 11) is 0. The third kappa shape index (κ3) is 4.37. The van der Waals surface area contributed by atoms with Crippen LogP contribution in [-0.4, -0.2) is 39.3 Å². The van der Waals surface area contributed by atoms with Gasteiger partial charge in [0, 0.05) is 30.7 Å². The van der Waals surface area contributed by atoms with Crippen LogP contribution in [-0.2, 0) is 16.0 Å². The number of carbonyl (C=O) groups is 1. The molecule has 28 heavy (non-hydrogen) atoms. The van der Waals surface area contributed by atoms with Gasteiger partial charge in [-0.2, -0.15) is 0 Å². The van der Waals surface area contributed by atoms with E-state index in [4.69, 9.17) is 26.2 Å². The summed E-state index contributed by atoms with van der Waals surface area (Å²) in [5, 5.41) is 7.25. The van der Waals surface area contributed by atoms with Crippen molar-refractivity contribution in [2.45, 2.75) is 12.5 Å². The third-order valence-corrected chi connectivity index (χ3v) is 4.94. The van der Waals surface area contributed by atoms with Gasteiger partial charge in [-0.15, -0.1) is 0 Å². The molecule has 0 aliphatic carbocycles. The number of nitrogens with zero attached hydrogens (tertiary/aromatic N) is 3. The lowest BCUT2D eigenvalue weighted by Crippen LogP contribution is -2.20. The Morgan fingerprint density at radius 2 is 2.00 bits per heavy atom. The van der Waals surface area contributed by atoms with Gasteiger partial charge in [0.2, 0.25) is 0 Å². The molecule has 1 saturated heterocycles. The van der Waals surface area contributed by atoms with E-state index in [1.54, 1.807) is 30.7 Å². The monoisotopic (exact) mass is 403 g/mol. The zero-order valence-electron chi connectivity index (χ0n) is 14.9. The molecule has 3 heterocycles. The van der Waals surface area contributed by atoms with Crippen LogP contribution in [0.25, 0.3) is 11.4 Å². The number of rotatable bonds is 4. The fraction of sp³-hybridized carbons (Fsp3) is 0.250. The van der Waals surface area contributed by atoms with Crippen LogP contribution in [0.5, 0.6) is 0 Å². The van der Waals surface area contributed by atoms with Crippen molar-refractivity contribution in [3.05, 3.63) is 71.5 Å². The second kappa shape index (κ2) is 9.43. The van der Waals surface area contributed by atoms with Crippen molar-refractivity contribution in [1.82, 2.24) is 14.5 Å². The smallest absolute Gasteiger partial charge is 0.290 e. The van der Waals surface area contributed by atoms with Crippen LogP contribution in [0, 0.1) is 11.7 Å². The maximum atomic E-state index is 14.3. The van der Waals surface area contributed by atoms with E-state index in [0.29, 0.717) is 29.6 Å². The average molecular weight is 404 g/mol. The molecular formula is C20H19ClFN3O3. The molecule has 0 unspecified atom stereocenters. The lowest BCUT2D eigenvalue weighted by molar-refractivity contribution is -0.122. The molecule has 1 aromatic carbocycles. The molecule has 0 spiro atoms. The summed E-state index contributed by atoms with van der Waals surface area (Å²) in [5.74, 6) is 0.448. The number of imidazole rings is 1. The van der Waals surface area contributed by atoms with E-state index in [2.05, 4.69) is 9.97 Å². The van der Waals surface area contributed by atoms with Crippen molar-refractivity contribution < 1.29 is 19.0 Å². The summed E-state index contributed by atoms with van der Waals surface area (Å²) in [6.07, 6.45) is 8.01. The lowest BCUT2D eigenvalue weighted by atomic mass is 9.95. The molecule has 2 atom stereocenters. The van der Waals surface area contributed by atoms with Gasteiger partial charge in [-0.1, -0.05) is 17.7 Å². The van der Waals surface area contributed by atoms with Crippen molar-refractivity contribution in [2.75, 3.05) is 13.2 Å². The van der Waals surface area contributed by atoms with Crippen molar-refractivity contribution in [1.29, 1.82) is 0 Å². The molecule has 8 heteroatoms. The molecule has 1 aliphatic heterocycles. The summed E-state index contributed by atoms with van der Waals surface area (Å²) in [6, 6.07) is 8.79. The van der Waals surface area contributed by atoms with Gasteiger partial charge in [-0.3, -0.25) is 9.78 Å². The molecule has 1 N–H and O–H groups in total. The minimum absolute atomic E-state index is 0.0846. The number of carboxylic acid groups (broad SMARTS) is 1. The van der Waals surface area contributed by atoms with E-state index in [0.717, 1.165) is 6.42 Å². The molecule has 1 aliphatic rings. The second-order valence-electron chi connectivity index (χ2n) is 6.28. The van der Waals surface area contributed by atoms with Crippen molar-refractivity contribution in [3.63, 3.8) is 0 Å². The Kier molecular flexibility index (Phi) is 6.73. The highest BCUT2D eigenvalue weighted by Gasteiger charge is 2.32. The zero-order valence-corrected chi connectivity index (χ0v) is 15.7. The Bertz CT molecular complexity index is 900. The van der Waals surface area contributed by atoms with E-state index in [1.807, 2.05) is 22.9 Å². The Balaban J connectivity index is 0.000000706. The first-order valence-electron chi connectivity index (χ1n) is 8.67. The third-order valence-electron chi connectivity index (χ3n) is 4.62. The number of ether oxygens (including phenoxy) is 1. The molecular weight excluding hydrogens is 385 g/mol. The highest BCUT2D eigenvalue weighted by atomic mass is 35.5. The second-order valence-corrected chi connectivity index (χ2v) is 6.69. The first-order chi connectivity index (χ1) is 13.7. The fourth-order valence-corrected chi connectivity index (χ4v) is 3.64. The molecule has 0 bridgehead atoms.